The van der Waals surface area contributed by atoms with Crippen LogP contribution in [0.4, 0.5) is 10.6 Å². The first-order valence-corrected chi connectivity index (χ1v) is 13.4. The largest absolute Gasteiger partial charge is 0.444 e. The second-order valence-corrected chi connectivity index (χ2v) is 10.9. The molecule has 0 aliphatic carbocycles. The number of ether oxygens (including phenoxy) is 2. The van der Waals surface area contributed by atoms with Crippen LogP contribution in [0.1, 0.15) is 49.9 Å². The van der Waals surface area contributed by atoms with E-state index in [1.54, 1.807) is 18.2 Å². The third-order valence-electron chi connectivity index (χ3n) is 6.97. The number of amides is 1. The number of benzene rings is 2. The van der Waals surface area contributed by atoms with E-state index in [9.17, 15) is 4.79 Å². The van der Waals surface area contributed by atoms with Gasteiger partial charge >= 0.3 is 6.09 Å². The highest BCUT2D eigenvalue weighted by Gasteiger charge is 2.39. The molecule has 1 fully saturated rings. The van der Waals surface area contributed by atoms with Gasteiger partial charge in [0.25, 0.3) is 0 Å². The van der Waals surface area contributed by atoms with Crippen molar-refractivity contribution < 1.29 is 14.3 Å². The highest BCUT2D eigenvalue weighted by molar-refractivity contribution is 6.14. The highest BCUT2D eigenvalue weighted by atomic mass is 16.6. The molecule has 0 saturated carbocycles. The first kappa shape index (κ1) is 27.2. The Kier molecular flexibility index (Phi) is 7.72. The summed E-state index contributed by atoms with van der Waals surface area (Å²) < 4.78 is 13.3. The van der Waals surface area contributed by atoms with E-state index < -0.39 is 5.60 Å². The van der Waals surface area contributed by atoms with Gasteiger partial charge in [0.2, 0.25) is 0 Å². The van der Waals surface area contributed by atoms with Crippen molar-refractivity contribution in [2.75, 3.05) is 20.3 Å². The molecule has 0 bridgehead atoms. The Morgan fingerprint density at radius 2 is 1.73 bits per heavy atom. The minimum Gasteiger partial charge on any atom is -0.444 e. The molecular weight excluding hydrogens is 500 g/mol. The van der Waals surface area contributed by atoms with Gasteiger partial charge in [-0.05, 0) is 33.3 Å². The smallest absolute Gasteiger partial charge is 0.410 e. The van der Waals surface area contributed by atoms with E-state index in [0.717, 1.165) is 27.7 Å². The van der Waals surface area contributed by atoms with Crippen molar-refractivity contribution in [1.82, 2.24) is 14.5 Å². The average molecular weight is 535 g/mol. The fraction of sp³-hybridized carbons (Fsp3) is 0.303. The van der Waals surface area contributed by atoms with E-state index in [-0.39, 0.29) is 18.2 Å². The number of rotatable bonds is 6. The molecule has 2 atom stereocenters. The summed E-state index contributed by atoms with van der Waals surface area (Å²) in [6.45, 7) is 6.52. The van der Waals surface area contributed by atoms with Crippen molar-refractivity contribution in [3.8, 4) is 12.3 Å². The van der Waals surface area contributed by atoms with Crippen LogP contribution in [0.2, 0.25) is 0 Å². The Hall–Kier alpha value is -4.41. The van der Waals surface area contributed by atoms with Gasteiger partial charge in [0.05, 0.1) is 40.9 Å². The summed E-state index contributed by atoms with van der Waals surface area (Å²) in [4.78, 5) is 24.6. The number of carbonyl (C=O) groups is 1. The van der Waals surface area contributed by atoms with Crippen LogP contribution in [-0.4, -0.2) is 58.2 Å². The first-order valence-electron chi connectivity index (χ1n) is 13.4. The SMILES string of the molecule is C#Cc1cn(C2C[C@H](COC)N(C(=O)OC(C)(C)C)C2)c2ccnc(N=C(c3ccccc3)c3ccccc3)c12. The second-order valence-electron chi connectivity index (χ2n) is 10.9. The van der Waals surface area contributed by atoms with Crippen LogP contribution in [0.15, 0.2) is 84.1 Å². The molecule has 2 aromatic heterocycles. The molecule has 40 heavy (non-hydrogen) atoms. The molecule has 0 N–H and O–H groups in total. The van der Waals surface area contributed by atoms with Gasteiger partial charge in [0, 0.05) is 37.2 Å². The minimum atomic E-state index is -0.586. The van der Waals surface area contributed by atoms with Gasteiger partial charge in [0.1, 0.15) is 5.60 Å². The molecular formula is C33H34N4O3. The van der Waals surface area contributed by atoms with Gasteiger partial charge in [-0.1, -0.05) is 66.6 Å². The molecule has 7 nitrogen and oxygen atoms in total. The maximum Gasteiger partial charge on any atom is 0.410 e. The van der Waals surface area contributed by atoms with Gasteiger partial charge in [0.15, 0.2) is 5.82 Å². The minimum absolute atomic E-state index is 0.0146. The summed E-state index contributed by atoms with van der Waals surface area (Å²) in [7, 11) is 1.65. The van der Waals surface area contributed by atoms with Crippen molar-refractivity contribution in [2.45, 2.75) is 44.9 Å². The van der Waals surface area contributed by atoms with E-state index in [0.29, 0.717) is 31.0 Å². The number of hydrogen-bond acceptors (Lipinski definition) is 5. The summed E-state index contributed by atoms with van der Waals surface area (Å²) in [6.07, 6.45) is 10.1. The lowest BCUT2D eigenvalue weighted by atomic mass is 10.0. The monoisotopic (exact) mass is 534 g/mol. The van der Waals surface area contributed by atoms with Gasteiger partial charge in [-0.2, -0.15) is 0 Å². The summed E-state index contributed by atoms with van der Waals surface area (Å²) in [5, 5.41) is 0.813. The number of aromatic nitrogens is 2. The third-order valence-corrected chi connectivity index (χ3v) is 6.97. The quantitative estimate of drug-likeness (QED) is 0.213. The maximum atomic E-state index is 13.1. The molecule has 1 amide bonds. The molecule has 1 aliphatic heterocycles. The molecule has 4 aromatic rings. The zero-order valence-electron chi connectivity index (χ0n) is 23.4. The molecule has 1 unspecified atom stereocenters. The van der Waals surface area contributed by atoms with Gasteiger partial charge in [-0.15, -0.1) is 6.42 Å². The summed E-state index contributed by atoms with van der Waals surface area (Å²) in [6, 6.07) is 22.0. The van der Waals surface area contributed by atoms with Crippen LogP contribution in [-0.2, 0) is 9.47 Å². The number of pyridine rings is 1. The van der Waals surface area contributed by atoms with Crippen molar-refractivity contribution in [1.29, 1.82) is 0 Å². The lowest BCUT2D eigenvalue weighted by Crippen LogP contribution is -2.41. The molecule has 2 aromatic carbocycles. The lowest BCUT2D eigenvalue weighted by molar-refractivity contribution is 0.0146. The summed E-state index contributed by atoms with van der Waals surface area (Å²) >= 11 is 0. The van der Waals surface area contributed by atoms with Crippen molar-refractivity contribution >= 4 is 28.5 Å². The molecule has 0 spiro atoms. The van der Waals surface area contributed by atoms with Gasteiger partial charge in [-0.25, -0.2) is 14.8 Å². The zero-order valence-corrected chi connectivity index (χ0v) is 23.4. The number of methoxy groups -OCH3 is 1. The molecule has 1 aliphatic rings. The fourth-order valence-electron chi connectivity index (χ4n) is 5.27. The van der Waals surface area contributed by atoms with Crippen LogP contribution in [0.3, 0.4) is 0 Å². The third kappa shape index (κ3) is 5.63. The predicted octanol–water partition coefficient (Wildman–Crippen LogP) is 6.38. The van der Waals surface area contributed by atoms with Crippen LogP contribution in [0.5, 0.6) is 0 Å². The van der Waals surface area contributed by atoms with Crippen molar-refractivity contribution in [3.63, 3.8) is 0 Å². The van der Waals surface area contributed by atoms with E-state index in [1.807, 2.05) is 93.7 Å². The highest BCUT2D eigenvalue weighted by Crippen LogP contribution is 2.36. The zero-order chi connectivity index (χ0) is 28.3. The normalized spacial score (nSPS) is 17.0. The van der Waals surface area contributed by atoms with Crippen LogP contribution in [0.25, 0.3) is 10.9 Å². The molecule has 7 heteroatoms. The first-order chi connectivity index (χ1) is 19.3. The summed E-state index contributed by atoms with van der Waals surface area (Å²) in [5.41, 5.74) is 3.84. The maximum absolute atomic E-state index is 13.1. The van der Waals surface area contributed by atoms with Crippen molar-refractivity contribution in [2.24, 2.45) is 4.99 Å². The summed E-state index contributed by atoms with van der Waals surface area (Å²) in [5.74, 6) is 3.41. The molecule has 5 rings (SSSR count). The molecule has 204 valence electrons. The van der Waals surface area contributed by atoms with Gasteiger partial charge in [-0.3, -0.25) is 0 Å². The lowest BCUT2D eigenvalue weighted by Gasteiger charge is -2.28. The Bertz CT molecular complexity index is 1520. The number of terminal acetylenes is 1. The van der Waals surface area contributed by atoms with E-state index in [1.165, 1.54) is 0 Å². The number of hydrogen-bond donors (Lipinski definition) is 0. The standard InChI is InChI=1S/C33H34N4O3/c1-6-23-20-36(26-19-27(22-39-5)37(21-26)32(38)40-33(2,3)4)28-17-18-34-31(29(23)28)35-30(24-13-9-7-10-14-24)25-15-11-8-12-16-25/h1,7-18,20,26-27H,19,21-22H2,2-5H3/t26?,27-/m1/s1. The molecule has 3 heterocycles. The van der Waals surface area contributed by atoms with Crippen molar-refractivity contribution in [3.05, 3.63) is 95.8 Å². The van der Waals surface area contributed by atoms with Crippen LogP contribution in [0, 0.1) is 12.3 Å². The number of aliphatic imine (C=N–C) groups is 1. The topological polar surface area (TPSA) is 69.0 Å². The van der Waals surface area contributed by atoms with E-state index in [4.69, 9.17) is 20.9 Å². The molecule has 1 saturated heterocycles. The Morgan fingerprint density at radius 3 is 2.30 bits per heavy atom. The average Bonchev–Trinajstić information content (AvgIpc) is 3.54. The Morgan fingerprint density at radius 1 is 1.07 bits per heavy atom. The van der Waals surface area contributed by atoms with Crippen LogP contribution >= 0.6 is 0 Å². The second kappa shape index (κ2) is 11.4. The predicted molar refractivity (Wildman–Crippen MR) is 158 cm³/mol. The number of nitrogens with zero attached hydrogens (tertiary/aromatic N) is 4. The number of fused-ring (bicyclic) bond motifs is 1. The Balaban J connectivity index is 1.59. The van der Waals surface area contributed by atoms with Crippen LogP contribution < -0.4 is 0 Å². The van der Waals surface area contributed by atoms with E-state index in [2.05, 4.69) is 15.5 Å². The number of carbonyl (C=O) groups excluding carboxylic acids is 1. The van der Waals surface area contributed by atoms with Gasteiger partial charge < -0.3 is 18.9 Å². The number of likely N-dealkylation sites (tertiary alicyclic amines) is 1. The molecule has 0 radical (unpaired) electrons. The fourth-order valence-corrected chi connectivity index (χ4v) is 5.27. The van der Waals surface area contributed by atoms with E-state index >= 15 is 0 Å². The Labute approximate surface area is 235 Å².